The minimum absolute atomic E-state index is 0.0859. The smallest absolute Gasteiger partial charge is 0.353 e. The summed E-state index contributed by atoms with van der Waals surface area (Å²) in [6, 6.07) is 2.94. The van der Waals surface area contributed by atoms with E-state index >= 15 is 0 Å². The Morgan fingerprint density at radius 3 is 2.69 bits per heavy atom. The number of halogens is 5. The predicted molar refractivity (Wildman–Crippen MR) is 120 cm³/mol. The highest BCUT2D eigenvalue weighted by atomic mass is 19.4. The van der Waals surface area contributed by atoms with Gasteiger partial charge in [0, 0.05) is 55.0 Å². The van der Waals surface area contributed by atoms with Crippen molar-refractivity contribution in [2.45, 2.75) is 43.8 Å². The van der Waals surface area contributed by atoms with Crippen LogP contribution in [0, 0.1) is 5.41 Å². The Kier molecular flexibility index (Phi) is 4.80. The van der Waals surface area contributed by atoms with Crippen LogP contribution in [-0.2, 0) is 0 Å². The first-order chi connectivity index (χ1) is 17.0. The first-order valence-electron chi connectivity index (χ1n) is 11.3. The molecule has 0 atom stereocenters. The Morgan fingerprint density at radius 1 is 1.22 bits per heavy atom. The van der Waals surface area contributed by atoms with Crippen LogP contribution in [0.2, 0.25) is 0 Å². The van der Waals surface area contributed by atoms with Gasteiger partial charge in [-0.15, -0.1) is 0 Å². The van der Waals surface area contributed by atoms with Crippen LogP contribution >= 0.6 is 0 Å². The van der Waals surface area contributed by atoms with Gasteiger partial charge in [-0.3, -0.25) is 4.79 Å². The topological polar surface area (TPSA) is 100 Å². The molecule has 188 valence electrons. The van der Waals surface area contributed by atoms with Crippen LogP contribution < -0.4 is 10.6 Å². The van der Waals surface area contributed by atoms with Crippen LogP contribution in [0.3, 0.4) is 0 Å². The largest absolute Gasteiger partial charge is 0.396 e. The van der Waals surface area contributed by atoms with Crippen molar-refractivity contribution >= 4 is 28.4 Å². The summed E-state index contributed by atoms with van der Waals surface area (Å²) < 4.78 is 67.3. The number of carbonyl (C=O) groups is 1. The van der Waals surface area contributed by atoms with Gasteiger partial charge in [-0.1, -0.05) is 0 Å². The molecular formula is C23H20F5N7O. The number of aromatic amines is 1. The number of fused-ring (bicyclic) bond motifs is 2. The second kappa shape index (κ2) is 7.61. The number of H-pyrrole nitrogens is 1. The minimum atomic E-state index is -4.27. The van der Waals surface area contributed by atoms with Crippen LogP contribution in [-0.4, -0.2) is 55.2 Å². The first kappa shape index (κ1) is 22.7. The number of hydrogen-bond donors (Lipinski definition) is 3. The van der Waals surface area contributed by atoms with Gasteiger partial charge < -0.3 is 15.6 Å². The molecule has 2 aliphatic rings. The molecule has 1 amide bonds. The maximum Gasteiger partial charge on any atom is 0.396 e. The third-order valence-electron chi connectivity index (χ3n) is 6.97. The molecular weight excluding hydrogens is 485 g/mol. The third-order valence-corrected chi connectivity index (χ3v) is 6.97. The van der Waals surface area contributed by atoms with Gasteiger partial charge in [0.1, 0.15) is 5.65 Å². The highest BCUT2D eigenvalue weighted by molar-refractivity contribution is 6.02. The van der Waals surface area contributed by atoms with E-state index in [0.717, 1.165) is 11.1 Å². The van der Waals surface area contributed by atoms with E-state index < -0.39 is 29.5 Å². The van der Waals surface area contributed by atoms with Crippen molar-refractivity contribution in [3.63, 3.8) is 0 Å². The molecule has 2 aliphatic carbocycles. The average molecular weight is 505 g/mol. The molecule has 3 N–H and O–H groups in total. The van der Waals surface area contributed by atoms with E-state index in [1.165, 1.54) is 16.9 Å². The van der Waals surface area contributed by atoms with Crippen molar-refractivity contribution in [3.8, 4) is 11.1 Å². The molecule has 2 saturated carbocycles. The lowest BCUT2D eigenvalue weighted by Crippen LogP contribution is -2.50. The van der Waals surface area contributed by atoms with Gasteiger partial charge >= 0.3 is 6.18 Å². The van der Waals surface area contributed by atoms with Crippen LogP contribution in [0.5, 0.6) is 0 Å². The number of amides is 1. The Morgan fingerprint density at radius 2 is 2.00 bits per heavy atom. The number of pyridine rings is 1. The molecule has 4 heterocycles. The average Bonchev–Trinajstić information content (AvgIpc) is 3.32. The molecule has 4 aromatic rings. The summed E-state index contributed by atoms with van der Waals surface area (Å²) in [4.78, 5) is 24.2. The van der Waals surface area contributed by atoms with Crippen LogP contribution in [0.15, 0.2) is 36.9 Å². The van der Waals surface area contributed by atoms with Gasteiger partial charge in [-0.05, 0) is 30.5 Å². The lowest BCUT2D eigenvalue weighted by Gasteiger charge is -2.35. The fourth-order valence-electron chi connectivity index (χ4n) is 4.54. The summed E-state index contributed by atoms with van der Waals surface area (Å²) in [6.07, 6.45) is 1.41. The van der Waals surface area contributed by atoms with Gasteiger partial charge in [0.2, 0.25) is 5.95 Å². The molecule has 6 rings (SSSR count). The quantitative estimate of drug-likeness (QED) is 0.334. The Labute approximate surface area is 200 Å². The summed E-state index contributed by atoms with van der Waals surface area (Å²) in [5, 5.41) is 10.1. The maximum atomic E-state index is 13.2. The second-order valence-electron chi connectivity index (χ2n) is 9.53. The first-order valence-corrected chi connectivity index (χ1v) is 11.3. The van der Waals surface area contributed by atoms with E-state index in [-0.39, 0.29) is 43.7 Å². The van der Waals surface area contributed by atoms with E-state index in [4.69, 9.17) is 0 Å². The molecule has 2 fully saturated rings. The molecule has 36 heavy (non-hydrogen) atoms. The zero-order valence-electron chi connectivity index (χ0n) is 18.7. The number of hydrogen-bond acceptors (Lipinski definition) is 5. The fraction of sp³-hybridized carbons (Fsp3) is 0.391. The minimum Gasteiger partial charge on any atom is -0.353 e. The van der Waals surface area contributed by atoms with Crippen molar-refractivity contribution in [3.05, 3.63) is 42.5 Å². The molecule has 0 bridgehead atoms. The Hall–Kier alpha value is -3.77. The number of anilines is 1. The summed E-state index contributed by atoms with van der Waals surface area (Å²) in [5.41, 5.74) is 0.920. The highest BCUT2D eigenvalue weighted by Crippen LogP contribution is 2.57. The number of rotatable bonds is 6. The van der Waals surface area contributed by atoms with E-state index in [0.29, 0.717) is 16.6 Å². The third kappa shape index (κ3) is 3.82. The zero-order valence-corrected chi connectivity index (χ0v) is 18.7. The van der Waals surface area contributed by atoms with Crippen molar-refractivity contribution in [1.29, 1.82) is 0 Å². The number of alkyl halides is 5. The zero-order chi connectivity index (χ0) is 25.3. The van der Waals surface area contributed by atoms with Crippen molar-refractivity contribution in [2.24, 2.45) is 5.41 Å². The molecule has 13 heteroatoms. The second-order valence-corrected chi connectivity index (χ2v) is 9.53. The fourth-order valence-corrected chi connectivity index (χ4v) is 4.54. The van der Waals surface area contributed by atoms with Crippen LogP contribution in [0.25, 0.3) is 27.7 Å². The van der Waals surface area contributed by atoms with Gasteiger partial charge in [-0.2, -0.15) is 23.3 Å². The summed E-state index contributed by atoms with van der Waals surface area (Å²) in [6.45, 7) is -0.281. The molecule has 0 unspecified atom stereocenters. The van der Waals surface area contributed by atoms with Gasteiger partial charge in [0.25, 0.3) is 11.8 Å². The summed E-state index contributed by atoms with van der Waals surface area (Å²) in [5.74, 6) is -3.12. The van der Waals surface area contributed by atoms with E-state index in [2.05, 4.69) is 30.7 Å². The molecule has 0 radical (unpaired) electrons. The molecule has 0 spiro atoms. The van der Waals surface area contributed by atoms with Crippen LogP contribution in [0.4, 0.5) is 27.9 Å². The number of nitrogens with zero attached hydrogens (tertiary/aromatic N) is 4. The molecule has 0 saturated heterocycles. The summed E-state index contributed by atoms with van der Waals surface area (Å²) in [7, 11) is 0. The highest BCUT2D eigenvalue weighted by Gasteiger charge is 2.63. The number of aromatic nitrogens is 5. The normalized spacial score (nSPS) is 18.8. The Balaban J connectivity index is 1.24. The standard InChI is InChI=1S/C23H20F5N7O/c24-22(25)6-13(7-22)33-19(36)16-10-32-35-4-1-12(5-17(16)35)14-8-29-18-15(14)9-30-20(34-18)31-11-21(2-3-21)23(26,27)28/h1,4-5,8-10,13H,2-3,6-7,11H2,(H,33,36)(H2,29,30,31,34). The van der Waals surface area contributed by atoms with E-state index in [1.807, 2.05) is 0 Å². The SMILES string of the molecule is O=C(NC1CC(F)(F)C1)c1cnn2ccc(-c3c[nH]c4nc(NCC5(C(F)(F)F)CC5)ncc34)cc12. The van der Waals surface area contributed by atoms with Gasteiger partial charge in [-0.25, -0.2) is 18.3 Å². The summed E-state index contributed by atoms with van der Waals surface area (Å²) >= 11 is 0. The van der Waals surface area contributed by atoms with Crippen molar-refractivity contribution in [1.82, 2.24) is 29.9 Å². The van der Waals surface area contributed by atoms with Gasteiger partial charge in [0.05, 0.1) is 22.7 Å². The van der Waals surface area contributed by atoms with Gasteiger partial charge in [0.15, 0.2) is 0 Å². The molecule has 0 aromatic carbocycles. The molecule has 4 aromatic heterocycles. The Bertz CT molecular complexity index is 1480. The predicted octanol–water partition coefficient (Wildman–Crippen LogP) is 4.55. The number of nitrogens with one attached hydrogen (secondary N) is 3. The van der Waals surface area contributed by atoms with Crippen molar-refractivity contribution in [2.75, 3.05) is 11.9 Å². The lowest BCUT2D eigenvalue weighted by molar-refractivity contribution is -0.182. The lowest BCUT2D eigenvalue weighted by atomic mass is 9.88. The van der Waals surface area contributed by atoms with Crippen molar-refractivity contribution < 1.29 is 26.7 Å². The monoisotopic (exact) mass is 505 g/mol. The maximum absolute atomic E-state index is 13.2. The van der Waals surface area contributed by atoms with E-state index in [1.54, 1.807) is 24.5 Å². The number of carbonyl (C=O) groups excluding carboxylic acids is 1. The van der Waals surface area contributed by atoms with Crippen LogP contribution in [0.1, 0.15) is 36.0 Å². The molecule has 0 aliphatic heterocycles. The van der Waals surface area contributed by atoms with E-state index in [9.17, 15) is 26.7 Å². The molecule has 8 nitrogen and oxygen atoms in total.